The van der Waals surface area contributed by atoms with Crippen LogP contribution in [0.15, 0.2) is 23.8 Å². The lowest BCUT2D eigenvalue weighted by molar-refractivity contribution is -0.133. The van der Waals surface area contributed by atoms with E-state index in [-0.39, 0.29) is 0 Å². The van der Waals surface area contributed by atoms with Crippen LogP contribution in [0.25, 0.3) is 0 Å². The first-order valence-electron chi connectivity index (χ1n) is 8.74. The van der Waals surface area contributed by atoms with Gasteiger partial charge in [0.1, 0.15) is 0 Å². The third-order valence-corrected chi connectivity index (χ3v) is 6.35. The number of carbonyl (C=O) groups excluding carboxylic acids is 1. The number of hydrogen-bond acceptors (Lipinski definition) is 5. The summed E-state index contributed by atoms with van der Waals surface area (Å²) in [6, 6.07) is 2.16. The van der Waals surface area contributed by atoms with E-state index in [9.17, 15) is 4.79 Å². The Labute approximate surface area is 156 Å². The quantitative estimate of drug-likeness (QED) is 0.823. The molecular weight excluding hydrogens is 356 g/mol. The Morgan fingerprint density at radius 1 is 1.24 bits per heavy atom. The van der Waals surface area contributed by atoms with Gasteiger partial charge in [-0.2, -0.15) is 0 Å². The number of aromatic nitrogens is 2. The molecule has 0 radical (unpaired) electrons. The molecule has 0 unspecified atom stereocenters. The number of rotatable bonds is 3. The van der Waals surface area contributed by atoms with Gasteiger partial charge >= 0.3 is 0 Å². The number of amides is 1. The first-order chi connectivity index (χ1) is 12.2. The van der Waals surface area contributed by atoms with Crippen LogP contribution in [0.3, 0.4) is 0 Å². The SMILES string of the molecule is O=C(CC1CCN(c2ncc(Cl)cn2)CC1)N1CCc2sccc2C1. The highest BCUT2D eigenvalue weighted by atomic mass is 35.5. The van der Waals surface area contributed by atoms with Gasteiger partial charge in [-0.05, 0) is 42.2 Å². The molecule has 0 aromatic carbocycles. The van der Waals surface area contributed by atoms with Crippen molar-refractivity contribution in [3.05, 3.63) is 39.3 Å². The van der Waals surface area contributed by atoms with Gasteiger partial charge < -0.3 is 9.80 Å². The van der Waals surface area contributed by atoms with Gasteiger partial charge in [-0.15, -0.1) is 11.3 Å². The van der Waals surface area contributed by atoms with Gasteiger partial charge in [0.15, 0.2) is 0 Å². The molecule has 2 aromatic rings. The van der Waals surface area contributed by atoms with Crippen molar-refractivity contribution >= 4 is 34.8 Å². The highest BCUT2D eigenvalue weighted by Gasteiger charge is 2.27. The number of hydrogen-bond donors (Lipinski definition) is 0. The lowest BCUT2D eigenvalue weighted by Gasteiger charge is -2.33. The van der Waals surface area contributed by atoms with Crippen LogP contribution in [-0.4, -0.2) is 40.4 Å². The van der Waals surface area contributed by atoms with Crippen LogP contribution in [0.4, 0.5) is 5.95 Å². The van der Waals surface area contributed by atoms with E-state index in [1.54, 1.807) is 12.4 Å². The standard InChI is InChI=1S/C18H21ClN4OS/c19-15-10-20-18(21-11-15)22-5-1-13(2-6-22)9-17(24)23-7-3-16-14(12-23)4-8-25-16/h4,8,10-11,13H,1-3,5-7,9,12H2. The molecule has 2 aliphatic rings. The van der Waals surface area contributed by atoms with Crippen LogP contribution < -0.4 is 4.90 Å². The fourth-order valence-electron chi connectivity index (χ4n) is 3.64. The maximum Gasteiger partial charge on any atom is 0.225 e. The third kappa shape index (κ3) is 3.80. The number of carbonyl (C=O) groups is 1. The lowest BCUT2D eigenvalue weighted by atomic mass is 9.92. The zero-order valence-electron chi connectivity index (χ0n) is 14.0. The van der Waals surface area contributed by atoms with Crippen LogP contribution in [0.1, 0.15) is 29.7 Å². The normalized spacial score (nSPS) is 18.3. The minimum atomic E-state index is 0.304. The van der Waals surface area contributed by atoms with E-state index in [0.29, 0.717) is 23.3 Å². The molecule has 7 heteroatoms. The smallest absolute Gasteiger partial charge is 0.225 e. The van der Waals surface area contributed by atoms with Gasteiger partial charge in [-0.25, -0.2) is 9.97 Å². The predicted molar refractivity (Wildman–Crippen MR) is 100 cm³/mol. The van der Waals surface area contributed by atoms with Crippen molar-refractivity contribution in [2.45, 2.75) is 32.2 Å². The van der Waals surface area contributed by atoms with Gasteiger partial charge in [0.2, 0.25) is 11.9 Å². The molecule has 0 aliphatic carbocycles. The van der Waals surface area contributed by atoms with Crippen molar-refractivity contribution in [3.63, 3.8) is 0 Å². The van der Waals surface area contributed by atoms with E-state index >= 15 is 0 Å². The third-order valence-electron chi connectivity index (χ3n) is 5.13. The number of halogens is 1. The molecule has 132 valence electrons. The lowest BCUT2D eigenvalue weighted by Crippen LogP contribution is -2.39. The molecule has 4 heterocycles. The van der Waals surface area contributed by atoms with Crippen molar-refractivity contribution in [3.8, 4) is 0 Å². The number of nitrogens with zero attached hydrogens (tertiary/aromatic N) is 4. The van der Waals surface area contributed by atoms with E-state index in [1.165, 1.54) is 10.4 Å². The summed E-state index contributed by atoms with van der Waals surface area (Å²) in [6.07, 6.45) is 6.95. The monoisotopic (exact) mass is 376 g/mol. The molecule has 0 saturated carbocycles. The highest BCUT2D eigenvalue weighted by molar-refractivity contribution is 7.10. The molecule has 1 amide bonds. The molecule has 0 spiro atoms. The van der Waals surface area contributed by atoms with Crippen LogP contribution in [-0.2, 0) is 17.8 Å². The predicted octanol–water partition coefficient (Wildman–Crippen LogP) is 3.38. The van der Waals surface area contributed by atoms with Crippen LogP contribution in [0.5, 0.6) is 0 Å². The Hall–Kier alpha value is -1.66. The van der Waals surface area contributed by atoms with Crippen molar-refractivity contribution in [2.24, 2.45) is 5.92 Å². The molecule has 25 heavy (non-hydrogen) atoms. The number of piperidine rings is 1. The Bertz CT molecular complexity index is 740. The summed E-state index contributed by atoms with van der Waals surface area (Å²) in [5.74, 6) is 1.49. The summed E-state index contributed by atoms with van der Waals surface area (Å²) in [6.45, 7) is 3.45. The molecule has 0 atom stereocenters. The topological polar surface area (TPSA) is 49.3 Å². The molecule has 2 aromatic heterocycles. The van der Waals surface area contributed by atoms with E-state index in [1.807, 2.05) is 16.2 Å². The van der Waals surface area contributed by atoms with E-state index < -0.39 is 0 Å². The van der Waals surface area contributed by atoms with E-state index in [0.717, 1.165) is 51.4 Å². The Morgan fingerprint density at radius 3 is 2.76 bits per heavy atom. The average molecular weight is 377 g/mol. The summed E-state index contributed by atoms with van der Waals surface area (Å²) in [7, 11) is 0. The van der Waals surface area contributed by atoms with Gasteiger partial charge in [0.25, 0.3) is 0 Å². The summed E-state index contributed by atoms with van der Waals surface area (Å²) in [4.78, 5) is 26.9. The summed E-state index contributed by atoms with van der Waals surface area (Å²) < 4.78 is 0. The first-order valence-corrected chi connectivity index (χ1v) is 10.0. The summed E-state index contributed by atoms with van der Waals surface area (Å²) in [5, 5.41) is 2.69. The minimum Gasteiger partial charge on any atom is -0.341 e. The second kappa shape index (κ2) is 7.30. The van der Waals surface area contributed by atoms with E-state index in [2.05, 4.69) is 26.3 Å². The highest BCUT2D eigenvalue weighted by Crippen LogP contribution is 2.27. The van der Waals surface area contributed by atoms with Crippen molar-refractivity contribution < 1.29 is 4.79 Å². The van der Waals surface area contributed by atoms with Gasteiger partial charge in [-0.1, -0.05) is 11.6 Å². The molecule has 0 bridgehead atoms. The van der Waals surface area contributed by atoms with Gasteiger partial charge in [0.05, 0.1) is 17.4 Å². The van der Waals surface area contributed by atoms with Crippen molar-refractivity contribution in [1.29, 1.82) is 0 Å². The molecule has 0 N–H and O–H groups in total. The first kappa shape index (κ1) is 16.8. The Morgan fingerprint density at radius 2 is 2.00 bits per heavy atom. The van der Waals surface area contributed by atoms with Crippen LogP contribution in [0, 0.1) is 5.92 Å². The van der Waals surface area contributed by atoms with Crippen molar-refractivity contribution in [2.75, 3.05) is 24.5 Å². The van der Waals surface area contributed by atoms with Crippen molar-refractivity contribution in [1.82, 2.24) is 14.9 Å². The Balaban J connectivity index is 1.28. The fraction of sp³-hybridized carbons (Fsp3) is 0.500. The zero-order valence-corrected chi connectivity index (χ0v) is 15.6. The number of thiophene rings is 1. The van der Waals surface area contributed by atoms with E-state index in [4.69, 9.17) is 11.6 Å². The zero-order chi connectivity index (χ0) is 17.2. The maximum atomic E-state index is 12.7. The summed E-state index contributed by atoms with van der Waals surface area (Å²) >= 11 is 7.65. The van der Waals surface area contributed by atoms with Crippen LogP contribution >= 0.6 is 22.9 Å². The largest absolute Gasteiger partial charge is 0.341 e. The Kier molecular flexibility index (Phi) is 4.90. The molecule has 1 fully saturated rings. The molecule has 1 saturated heterocycles. The molecular formula is C18H21ClN4OS. The second-order valence-corrected chi connectivity index (χ2v) is 8.21. The fourth-order valence-corrected chi connectivity index (χ4v) is 4.63. The molecule has 5 nitrogen and oxygen atoms in total. The maximum absolute atomic E-state index is 12.7. The van der Waals surface area contributed by atoms with Crippen LogP contribution in [0.2, 0.25) is 5.02 Å². The molecule has 4 rings (SSSR count). The number of anilines is 1. The summed E-state index contributed by atoms with van der Waals surface area (Å²) in [5.41, 5.74) is 1.33. The number of fused-ring (bicyclic) bond motifs is 1. The second-order valence-electron chi connectivity index (χ2n) is 6.77. The minimum absolute atomic E-state index is 0.304. The van der Waals surface area contributed by atoms with Gasteiger partial charge in [0, 0.05) is 37.5 Å². The average Bonchev–Trinajstić information content (AvgIpc) is 3.11. The van der Waals surface area contributed by atoms with Gasteiger partial charge in [-0.3, -0.25) is 4.79 Å². The molecule has 2 aliphatic heterocycles.